The molecule has 8 nitrogen and oxygen atoms in total. The van der Waals surface area contributed by atoms with E-state index in [1.165, 1.54) is 0 Å². The number of rotatable bonds is 6. The Morgan fingerprint density at radius 2 is 2.26 bits per heavy atom. The van der Waals surface area contributed by atoms with Gasteiger partial charge in [-0.3, -0.25) is 4.90 Å². The van der Waals surface area contributed by atoms with Crippen molar-refractivity contribution >= 4 is 22.8 Å². The minimum atomic E-state index is 0.0677. The molecule has 1 aromatic heterocycles. The molecule has 1 saturated heterocycles. The van der Waals surface area contributed by atoms with Crippen LogP contribution in [0.15, 0.2) is 23.4 Å². The first-order chi connectivity index (χ1) is 11.3. The fourth-order valence-electron chi connectivity index (χ4n) is 2.72. The number of imidazole rings is 1. The molecule has 0 radical (unpaired) electrons. The number of nitrogens with two attached hydrogens (primary N) is 1. The second kappa shape index (κ2) is 7.30. The van der Waals surface area contributed by atoms with E-state index in [-0.39, 0.29) is 5.84 Å². The Labute approximate surface area is 134 Å². The number of hydrogen-bond donors (Lipinski definition) is 4. The first kappa shape index (κ1) is 15.6. The topological polar surface area (TPSA) is 112 Å². The van der Waals surface area contributed by atoms with E-state index >= 15 is 0 Å². The Balaban J connectivity index is 1.58. The lowest BCUT2D eigenvalue weighted by Crippen LogP contribution is -2.37. The summed E-state index contributed by atoms with van der Waals surface area (Å²) < 4.78 is 5.34. The number of anilines is 1. The molecular formula is C15H22N6O2. The third-order valence-corrected chi connectivity index (χ3v) is 3.95. The van der Waals surface area contributed by atoms with E-state index in [9.17, 15) is 0 Å². The normalized spacial score (nSPS) is 16.8. The number of ether oxygens (including phenoxy) is 1. The van der Waals surface area contributed by atoms with Crippen LogP contribution in [0.5, 0.6) is 0 Å². The molecule has 1 fully saturated rings. The van der Waals surface area contributed by atoms with E-state index in [0.717, 1.165) is 56.8 Å². The molecule has 5 N–H and O–H groups in total. The number of aromatic nitrogens is 2. The Morgan fingerprint density at radius 3 is 3.04 bits per heavy atom. The van der Waals surface area contributed by atoms with Crippen LogP contribution in [0.1, 0.15) is 12.0 Å². The van der Waals surface area contributed by atoms with Gasteiger partial charge in [0.15, 0.2) is 5.84 Å². The number of aromatic amines is 1. The van der Waals surface area contributed by atoms with Crippen LogP contribution in [0.3, 0.4) is 0 Å². The quantitative estimate of drug-likeness (QED) is 0.206. The molecule has 8 heteroatoms. The predicted octanol–water partition coefficient (Wildman–Crippen LogP) is 0.792. The van der Waals surface area contributed by atoms with Gasteiger partial charge >= 0.3 is 0 Å². The monoisotopic (exact) mass is 318 g/mol. The first-order valence-electron chi connectivity index (χ1n) is 7.78. The molecule has 124 valence electrons. The molecule has 1 aromatic carbocycles. The minimum absolute atomic E-state index is 0.0677. The molecule has 0 saturated carbocycles. The van der Waals surface area contributed by atoms with Crippen LogP contribution in [0.25, 0.3) is 11.0 Å². The smallest absolute Gasteiger partial charge is 0.201 e. The van der Waals surface area contributed by atoms with Crippen LogP contribution in [0.2, 0.25) is 0 Å². The largest absolute Gasteiger partial charge is 0.409 e. The van der Waals surface area contributed by atoms with Gasteiger partial charge in [-0.2, -0.15) is 0 Å². The van der Waals surface area contributed by atoms with Crippen LogP contribution < -0.4 is 11.1 Å². The van der Waals surface area contributed by atoms with Gasteiger partial charge in [-0.05, 0) is 25.1 Å². The number of amidine groups is 1. The van der Waals surface area contributed by atoms with E-state index in [0.29, 0.717) is 11.5 Å². The summed E-state index contributed by atoms with van der Waals surface area (Å²) in [5.74, 6) is 0.762. The van der Waals surface area contributed by atoms with Crippen LogP contribution >= 0.6 is 0 Å². The number of benzene rings is 1. The predicted molar refractivity (Wildman–Crippen MR) is 89.0 cm³/mol. The summed E-state index contributed by atoms with van der Waals surface area (Å²) >= 11 is 0. The lowest BCUT2D eigenvalue weighted by Gasteiger charge is -2.26. The van der Waals surface area contributed by atoms with Crippen molar-refractivity contribution in [2.45, 2.75) is 6.42 Å². The third-order valence-electron chi connectivity index (χ3n) is 3.95. The molecular weight excluding hydrogens is 296 g/mol. The highest BCUT2D eigenvalue weighted by Crippen LogP contribution is 2.18. The second-order valence-corrected chi connectivity index (χ2v) is 5.50. The zero-order valence-electron chi connectivity index (χ0n) is 13.0. The molecule has 1 aliphatic rings. The van der Waals surface area contributed by atoms with Crippen molar-refractivity contribution in [2.24, 2.45) is 10.9 Å². The summed E-state index contributed by atoms with van der Waals surface area (Å²) in [7, 11) is 0. The van der Waals surface area contributed by atoms with Gasteiger partial charge in [0.05, 0.1) is 24.2 Å². The van der Waals surface area contributed by atoms with E-state index in [4.69, 9.17) is 15.7 Å². The van der Waals surface area contributed by atoms with E-state index in [1.54, 1.807) is 6.07 Å². The van der Waals surface area contributed by atoms with Gasteiger partial charge in [0, 0.05) is 25.2 Å². The van der Waals surface area contributed by atoms with Crippen LogP contribution in [0.4, 0.5) is 5.95 Å². The number of oxime groups is 1. The number of hydrogen-bond acceptors (Lipinski definition) is 6. The highest BCUT2D eigenvalue weighted by Gasteiger charge is 2.11. The zero-order valence-corrected chi connectivity index (χ0v) is 13.0. The average molecular weight is 318 g/mol. The lowest BCUT2D eigenvalue weighted by molar-refractivity contribution is 0.0378. The molecule has 0 unspecified atom stereocenters. The van der Waals surface area contributed by atoms with E-state index in [2.05, 4.69) is 25.3 Å². The summed E-state index contributed by atoms with van der Waals surface area (Å²) in [6.07, 6.45) is 1.03. The van der Waals surface area contributed by atoms with Crippen molar-refractivity contribution in [2.75, 3.05) is 44.7 Å². The Morgan fingerprint density at radius 1 is 1.43 bits per heavy atom. The molecule has 0 spiro atoms. The van der Waals surface area contributed by atoms with Gasteiger partial charge in [0.25, 0.3) is 0 Å². The van der Waals surface area contributed by atoms with E-state index in [1.807, 2.05) is 12.1 Å². The summed E-state index contributed by atoms with van der Waals surface area (Å²) in [6, 6.07) is 5.51. The number of para-hydroxylation sites is 1. The third kappa shape index (κ3) is 3.72. The molecule has 1 aliphatic heterocycles. The van der Waals surface area contributed by atoms with Gasteiger partial charge in [0.2, 0.25) is 5.95 Å². The molecule has 3 rings (SSSR count). The van der Waals surface area contributed by atoms with Crippen molar-refractivity contribution in [3.05, 3.63) is 23.8 Å². The lowest BCUT2D eigenvalue weighted by atomic mass is 10.2. The molecule has 0 atom stereocenters. The maximum Gasteiger partial charge on any atom is 0.201 e. The maximum absolute atomic E-state index is 8.85. The Kier molecular flexibility index (Phi) is 4.94. The zero-order chi connectivity index (χ0) is 16.1. The fraction of sp³-hybridized carbons (Fsp3) is 0.467. The molecule has 0 bridgehead atoms. The van der Waals surface area contributed by atoms with Crippen molar-refractivity contribution in [3.8, 4) is 0 Å². The van der Waals surface area contributed by atoms with Gasteiger partial charge in [-0.1, -0.05) is 11.2 Å². The Hall–Kier alpha value is -2.32. The summed E-state index contributed by atoms with van der Waals surface area (Å²) in [6.45, 7) is 5.55. The number of H-pyrrole nitrogens is 1. The number of nitrogens with one attached hydrogen (secondary N) is 2. The van der Waals surface area contributed by atoms with Crippen molar-refractivity contribution in [3.63, 3.8) is 0 Å². The van der Waals surface area contributed by atoms with Gasteiger partial charge in [-0.25, -0.2) is 4.98 Å². The highest BCUT2D eigenvalue weighted by atomic mass is 16.5. The fourth-order valence-corrected chi connectivity index (χ4v) is 2.72. The van der Waals surface area contributed by atoms with Crippen molar-refractivity contribution < 1.29 is 9.94 Å². The second-order valence-electron chi connectivity index (χ2n) is 5.50. The van der Waals surface area contributed by atoms with Gasteiger partial charge in [-0.15, -0.1) is 0 Å². The number of nitrogens with zero attached hydrogens (tertiary/aromatic N) is 3. The SMILES string of the molecule is NC(=NO)c1cccc2nc(NCCCN3CCOCC3)[nH]c12. The average Bonchev–Trinajstić information content (AvgIpc) is 3.02. The maximum atomic E-state index is 8.85. The first-order valence-corrected chi connectivity index (χ1v) is 7.78. The standard InChI is InChI=1S/C15H22N6O2/c16-14(20-22)11-3-1-4-12-13(11)19-15(18-12)17-5-2-6-21-7-9-23-10-8-21/h1,3-4,22H,2,5-10H2,(H2,16,20)(H2,17,18,19). The molecule has 2 heterocycles. The summed E-state index contributed by atoms with van der Waals surface area (Å²) in [5, 5.41) is 15.2. The van der Waals surface area contributed by atoms with Crippen LogP contribution in [-0.4, -0.2) is 65.3 Å². The van der Waals surface area contributed by atoms with Crippen LogP contribution in [-0.2, 0) is 4.74 Å². The molecule has 0 amide bonds. The van der Waals surface area contributed by atoms with Crippen LogP contribution in [0, 0.1) is 0 Å². The van der Waals surface area contributed by atoms with E-state index < -0.39 is 0 Å². The molecule has 0 aliphatic carbocycles. The Bertz CT molecular complexity index is 678. The number of fused-ring (bicyclic) bond motifs is 1. The molecule has 23 heavy (non-hydrogen) atoms. The summed E-state index contributed by atoms with van der Waals surface area (Å²) in [4.78, 5) is 10.1. The number of morpholine rings is 1. The molecule has 2 aromatic rings. The summed E-state index contributed by atoms with van der Waals surface area (Å²) in [5.41, 5.74) is 7.87. The minimum Gasteiger partial charge on any atom is -0.409 e. The highest BCUT2D eigenvalue weighted by molar-refractivity contribution is 6.07. The van der Waals surface area contributed by atoms with Crippen molar-refractivity contribution in [1.82, 2.24) is 14.9 Å². The van der Waals surface area contributed by atoms with Gasteiger partial charge in [0.1, 0.15) is 0 Å². The van der Waals surface area contributed by atoms with Gasteiger partial charge < -0.3 is 26.0 Å². The van der Waals surface area contributed by atoms with Crippen molar-refractivity contribution in [1.29, 1.82) is 0 Å².